The fourth-order valence-corrected chi connectivity index (χ4v) is 3.73. The van der Waals surface area contributed by atoms with Gasteiger partial charge in [0.25, 0.3) is 0 Å². The summed E-state index contributed by atoms with van der Waals surface area (Å²) >= 11 is 0. The Balaban J connectivity index is 1.72. The molecule has 122 valence electrons. The molecule has 0 radical (unpaired) electrons. The van der Waals surface area contributed by atoms with Crippen molar-refractivity contribution < 1.29 is 9.53 Å². The van der Waals surface area contributed by atoms with Gasteiger partial charge < -0.3 is 15.0 Å². The van der Waals surface area contributed by atoms with E-state index in [1.54, 1.807) is 7.11 Å². The van der Waals surface area contributed by atoms with Gasteiger partial charge in [0, 0.05) is 38.2 Å². The molecule has 1 atom stereocenters. The van der Waals surface area contributed by atoms with Crippen LogP contribution in [0.2, 0.25) is 0 Å². The van der Waals surface area contributed by atoms with Gasteiger partial charge >= 0.3 is 0 Å². The van der Waals surface area contributed by atoms with E-state index in [1.807, 2.05) is 0 Å². The first-order valence-corrected chi connectivity index (χ1v) is 8.19. The van der Waals surface area contributed by atoms with Gasteiger partial charge in [-0.05, 0) is 33.4 Å². The molecule has 0 unspecified atom stereocenters. The van der Waals surface area contributed by atoms with Gasteiger partial charge in [-0.3, -0.25) is 9.69 Å². The summed E-state index contributed by atoms with van der Waals surface area (Å²) in [5, 5.41) is 3.15. The molecule has 1 heterocycles. The summed E-state index contributed by atoms with van der Waals surface area (Å²) in [6, 6.07) is 0.590. The molecule has 5 nitrogen and oxygen atoms in total. The number of rotatable bonds is 7. The van der Waals surface area contributed by atoms with Crippen molar-refractivity contribution in [2.45, 2.75) is 38.1 Å². The minimum absolute atomic E-state index is 0.164. The highest BCUT2D eigenvalue weighted by molar-refractivity contribution is 5.78. The first-order valence-electron chi connectivity index (χ1n) is 8.19. The third-order valence-electron chi connectivity index (χ3n) is 5.12. The number of carbonyl (C=O) groups is 1. The third kappa shape index (κ3) is 4.66. The van der Waals surface area contributed by atoms with E-state index in [1.165, 1.54) is 25.7 Å². The summed E-state index contributed by atoms with van der Waals surface area (Å²) in [5.41, 5.74) is 0.182. The normalized spacial score (nSPS) is 25.6. The molecular weight excluding hydrogens is 266 g/mol. The Morgan fingerprint density at radius 2 is 2.10 bits per heavy atom. The van der Waals surface area contributed by atoms with Crippen molar-refractivity contribution >= 4 is 5.91 Å². The predicted octanol–water partition coefficient (Wildman–Crippen LogP) is 0.945. The Morgan fingerprint density at radius 3 is 2.67 bits per heavy atom. The van der Waals surface area contributed by atoms with Crippen molar-refractivity contribution in [1.82, 2.24) is 15.1 Å². The van der Waals surface area contributed by atoms with Gasteiger partial charge in [-0.2, -0.15) is 0 Å². The fraction of sp³-hybridized carbons (Fsp3) is 0.938. The number of hydrogen-bond acceptors (Lipinski definition) is 4. The lowest BCUT2D eigenvalue weighted by Gasteiger charge is -2.28. The van der Waals surface area contributed by atoms with Gasteiger partial charge in [0.2, 0.25) is 5.91 Å². The average molecular weight is 297 g/mol. The molecule has 5 heteroatoms. The van der Waals surface area contributed by atoms with E-state index >= 15 is 0 Å². The molecule has 2 aliphatic rings. The highest BCUT2D eigenvalue weighted by Gasteiger charge is 2.34. The zero-order valence-corrected chi connectivity index (χ0v) is 13.9. The van der Waals surface area contributed by atoms with E-state index in [2.05, 4.69) is 29.2 Å². The highest BCUT2D eigenvalue weighted by atomic mass is 16.5. The fourth-order valence-electron chi connectivity index (χ4n) is 3.73. The van der Waals surface area contributed by atoms with E-state index in [4.69, 9.17) is 4.74 Å². The van der Waals surface area contributed by atoms with E-state index in [0.29, 0.717) is 12.6 Å². The van der Waals surface area contributed by atoms with Crippen LogP contribution in [0.5, 0.6) is 0 Å². The monoisotopic (exact) mass is 297 g/mol. The summed E-state index contributed by atoms with van der Waals surface area (Å²) in [6.45, 7) is 4.10. The molecule has 1 saturated heterocycles. The molecule has 1 N–H and O–H groups in total. The van der Waals surface area contributed by atoms with Crippen LogP contribution in [0.15, 0.2) is 0 Å². The molecule has 2 fully saturated rings. The molecular formula is C16H31N3O2. The number of nitrogens with one attached hydrogen (secondary N) is 1. The summed E-state index contributed by atoms with van der Waals surface area (Å²) < 4.78 is 5.37. The standard InChI is InChI=1S/C16H31N3O2/c1-18(2)14-6-9-19(10-14)11-15(20)17-12-16(13-21-3)7-4-5-8-16/h14H,4-13H2,1-3H3,(H,17,20)/t14-/m1/s1. The third-order valence-corrected chi connectivity index (χ3v) is 5.12. The van der Waals surface area contributed by atoms with Crippen molar-refractivity contribution in [2.24, 2.45) is 5.41 Å². The zero-order chi connectivity index (χ0) is 15.3. The largest absolute Gasteiger partial charge is 0.384 e. The Hall–Kier alpha value is -0.650. The SMILES string of the molecule is COCC1(CNC(=O)CN2CC[C@@H](N(C)C)C2)CCCC1. The quantitative estimate of drug-likeness (QED) is 0.760. The summed E-state index contributed by atoms with van der Waals surface area (Å²) in [6.07, 6.45) is 6.03. The smallest absolute Gasteiger partial charge is 0.234 e. The number of methoxy groups -OCH3 is 1. The number of amides is 1. The van der Waals surface area contributed by atoms with Crippen LogP contribution in [0.25, 0.3) is 0 Å². The second-order valence-corrected chi connectivity index (χ2v) is 7.06. The van der Waals surface area contributed by atoms with Gasteiger partial charge in [0.05, 0.1) is 13.2 Å². The minimum Gasteiger partial charge on any atom is -0.384 e. The van der Waals surface area contributed by atoms with Crippen LogP contribution in [0.3, 0.4) is 0 Å². The first kappa shape index (κ1) is 16.7. The van der Waals surface area contributed by atoms with Crippen LogP contribution in [-0.4, -0.2) is 75.7 Å². The van der Waals surface area contributed by atoms with Crippen LogP contribution < -0.4 is 5.32 Å². The first-order chi connectivity index (χ1) is 10.0. The number of likely N-dealkylation sites (N-methyl/N-ethyl adjacent to an activating group) is 1. The van der Waals surface area contributed by atoms with Crippen molar-refractivity contribution in [3.63, 3.8) is 0 Å². The predicted molar refractivity (Wildman–Crippen MR) is 84.3 cm³/mol. The van der Waals surface area contributed by atoms with E-state index < -0.39 is 0 Å². The molecule has 21 heavy (non-hydrogen) atoms. The Morgan fingerprint density at radius 1 is 1.38 bits per heavy atom. The van der Waals surface area contributed by atoms with E-state index in [-0.39, 0.29) is 11.3 Å². The molecule has 0 aromatic rings. The Kier molecular flexibility index (Phi) is 6.02. The lowest BCUT2D eigenvalue weighted by atomic mass is 9.87. The summed E-state index contributed by atoms with van der Waals surface area (Å²) in [5.74, 6) is 0.164. The van der Waals surface area contributed by atoms with Crippen LogP contribution in [0.4, 0.5) is 0 Å². The summed E-state index contributed by atoms with van der Waals surface area (Å²) in [7, 11) is 5.99. The van der Waals surface area contributed by atoms with E-state index in [9.17, 15) is 4.79 Å². The average Bonchev–Trinajstić information content (AvgIpc) is 3.07. The maximum atomic E-state index is 12.2. The summed E-state index contributed by atoms with van der Waals surface area (Å²) in [4.78, 5) is 16.7. The number of carbonyl (C=O) groups excluding carboxylic acids is 1. The van der Waals surface area contributed by atoms with Crippen LogP contribution in [0, 0.1) is 5.41 Å². The molecule has 1 aliphatic heterocycles. The van der Waals surface area contributed by atoms with Gasteiger partial charge in [0.1, 0.15) is 0 Å². The lowest BCUT2D eigenvalue weighted by Crippen LogP contribution is -2.43. The molecule has 0 aromatic heterocycles. The molecule has 0 aromatic carbocycles. The Labute approximate surface area is 129 Å². The van der Waals surface area contributed by atoms with Gasteiger partial charge in [-0.25, -0.2) is 0 Å². The number of hydrogen-bond donors (Lipinski definition) is 1. The van der Waals surface area contributed by atoms with Crippen LogP contribution >= 0.6 is 0 Å². The molecule has 0 spiro atoms. The number of likely N-dealkylation sites (tertiary alicyclic amines) is 1. The maximum Gasteiger partial charge on any atom is 0.234 e. The second-order valence-electron chi connectivity index (χ2n) is 7.06. The van der Waals surface area contributed by atoms with Crippen molar-refractivity contribution in [3.05, 3.63) is 0 Å². The Bertz CT molecular complexity index is 340. The highest BCUT2D eigenvalue weighted by Crippen LogP contribution is 2.37. The van der Waals surface area contributed by atoms with Crippen LogP contribution in [0.1, 0.15) is 32.1 Å². The number of nitrogens with zero attached hydrogens (tertiary/aromatic N) is 2. The van der Waals surface area contributed by atoms with Crippen LogP contribution in [-0.2, 0) is 9.53 Å². The second kappa shape index (κ2) is 7.56. The molecule has 2 rings (SSSR count). The molecule has 1 saturated carbocycles. The van der Waals surface area contributed by atoms with Gasteiger partial charge in [0.15, 0.2) is 0 Å². The molecule has 0 bridgehead atoms. The lowest BCUT2D eigenvalue weighted by molar-refractivity contribution is -0.122. The molecule has 1 aliphatic carbocycles. The molecule has 1 amide bonds. The van der Waals surface area contributed by atoms with Gasteiger partial charge in [-0.1, -0.05) is 12.8 Å². The minimum atomic E-state index is 0.164. The van der Waals surface area contributed by atoms with Crippen molar-refractivity contribution in [2.75, 3.05) is 54.0 Å². The van der Waals surface area contributed by atoms with Gasteiger partial charge in [-0.15, -0.1) is 0 Å². The topological polar surface area (TPSA) is 44.8 Å². The number of ether oxygens (including phenoxy) is 1. The van der Waals surface area contributed by atoms with Crippen molar-refractivity contribution in [3.8, 4) is 0 Å². The van der Waals surface area contributed by atoms with E-state index in [0.717, 1.165) is 32.7 Å². The maximum absolute atomic E-state index is 12.2. The van der Waals surface area contributed by atoms with Crippen molar-refractivity contribution in [1.29, 1.82) is 0 Å². The zero-order valence-electron chi connectivity index (χ0n) is 13.9.